The van der Waals surface area contributed by atoms with Gasteiger partial charge in [-0.2, -0.15) is 0 Å². The normalized spacial score (nSPS) is 23.4. The van der Waals surface area contributed by atoms with Crippen molar-refractivity contribution in [3.8, 4) is 0 Å². The van der Waals surface area contributed by atoms with E-state index in [-0.39, 0.29) is 42.4 Å². The van der Waals surface area contributed by atoms with Crippen molar-refractivity contribution in [3.05, 3.63) is 0 Å². The molecule has 2 unspecified atom stereocenters. The van der Waals surface area contributed by atoms with Gasteiger partial charge in [0.05, 0.1) is 6.54 Å². The van der Waals surface area contributed by atoms with Gasteiger partial charge < -0.3 is 0 Å². The fraction of sp³-hybridized carbons (Fsp3) is 0.727. The quantitative estimate of drug-likeness (QED) is 0.652. The molecule has 84 valence electrons. The molecule has 2 atom stereocenters. The Bertz CT molecular complexity index is 298. The molecule has 1 saturated heterocycles. The molecular weight excluding hydrogens is 194 g/mol. The highest BCUT2D eigenvalue weighted by Crippen LogP contribution is 2.19. The summed E-state index contributed by atoms with van der Waals surface area (Å²) in [6, 6.07) is 0. The summed E-state index contributed by atoms with van der Waals surface area (Å²) in [6.07, 6.45) is 0.983. The van der Waals surface area contributed by atoms with E-state index in [9.17, 15) is 14.4 Å². The molecule has 4 heteroatoms. The van der Waals surface area contributed by atoms with E-state index in [0.717, 1.165) is 11.3 Å². The SMILES string of the molecule is CCC(C)C(=O)CN1C(=O)CC(C)C1=O. The number of Topliss-reactive ketones (excluding diaryl/α,β-unsaturated/α-hetero) is 1. The van der Waals surface area contributed by atoms with Crippen LogP contribution < -0.4 is 0 Å². The highest BCUT2D eigenvalue weighted by atomic mass is 16.2. The van der Waals surface area contributed by atoms with Gasteiger partial charge in [0, 0.05) is 18.3 Å². The highest BCUT2D eigenvalue weighted by molar-refractivity contribution is 6.06. The molecule has 0 spiro atoms. The average Bonchev–Trinajstić information content (AvgIpc) is 2.43. The van der Waals surface area contributed by atoms with E-state index < -0.39 is 0 Å². The summed E-state index contributed by atoms with van der Waals surface area (Å²) < 4.78 is 0. The van der Waals surface area contributed by atoms with Crippen molar-refractivity contribution in [1.82, 2.24) is 4.90 Å². The predicted molar refractivity (Wildman–Crippen MR) is 55.0 cm³/mol. The summed E-state index contributed by atoms with van der Waals surface area (Å²) in [5.41, 5.74) is 0. The van der Waals surface area contributed by atoms with Crippen LogP contribution >= 0.6 is 0 Å². The minimum Gasteiger partial charge on any atom is -0.297 e. The highest BCUT2D eigenvalue weighted by Gasteiger charge is 2.36. The van der Waals surface area contributed by atoms with E-state index in [4.69, 9.17) is 0 Å². The number of rotatable bonds is 4. The zero-order valence-electron chi connectivity index (χ0n) is 9.45. The Morgan fingerprint density at radius 3 is 2.53 bits per heavy atom. The molecule has 1 heterocycles. The number of hydrogen-bond acceptors (Lipinski definition) is 3. The van der Waals surface area contributed by atoms with Gasteiger partial charge in [-0.3, -0.25) is 19.3 Å². The fourth-order valence-electron chi connectivity index (χ4n) is 1.55. The van der Waals surface area contributed by atoms with E-state index in [0.29, 0.717) is 0 Å². The summed E-state index contributed by atoms with van der Waals surface area (Å²) in [5.74, 6) is -0.808. The number of carbonyl (C=O) groups excluding carboxylic acids is 3. The van der Waals surface area contributed by atoms with E-state index in [1.807, 2.05) is 13.8 Å². The fourth-order valence-corrected chi connectivity index (χ4v) is 1.55. The second kappa shape index (κ2) is 4.55. The molecule has 4 nitrogen and oxygen atoms in total. The zero-order valence-corrected chi connectivity index (χ0v) is 9.45. The third-order valence-electron chi connectivity index (χ3n) is 2.95. The van der Waals surface area contributed by atoms with Crippen LogP contribution in [0.3, 0.4) is 0 Å². The van der Waals surface area contributed by atoms with Crippen LogP contribution in [-0.2, 0) is 14.4 Å². The lowest BCUT2D eigenvalue weighted by Crippen LogP contribution is -2.37. The molecule has 0 radical (unpaired) electrons. The zero-order chi connectivity index (χ0) is 11.6. The van der Waals surface area contributed by atoms with Crippen LogP contribution in [0.1, 0.15) is 33.6 Å². The molecule has 1 aliphatic heterocycles. The minimum atomic E-state index is -0.262. The van der Waals surface area contributed by atoms with Crippen molar-refractivity contribution in [2.24, 2.45) is 11.8 Å². The van der Waals surface area contributed by atoms with Crippen molar-refractivity contribution in [1.29, 1.82) is 0 Å². The lowest BCUT2D eigenvalue weighted by atomic mass is 10.0. The number of likely N-dealkylation sites (tertiary alicyclic amines) is 1. The Labute approximate surface area is 89.6 Å². The van der Waals surface area contributed by atoms with Crippen molar-refractivity contribution >= 4 is 17.6 Å². The average molecular weight is 211 g/mol. The number of carbonyl (C=O) groups is 3. The van der Waals surface area contributed by atoms with E-state index in [1.165, 1.54) is 0 Å². The first kappa shape index (κ1) is 11.9. The summed E-state index contributed by atoms with van der Waals surface area (Å²) in [7, 11) is 0. The van der Waals surface area contributed by atoms with Crippen molar-refractivity contribution in [3.63, 3.8) is 0 Å². The third kappa shape index (κ3) is 2.43. The predicted octanol–water partition coefficient (Wildman–Crippen LogP) is 0.997. The Kier molecular flexibility index (Phi) is 3.61. The van der Waals surface area contributed by atoms with Crippen LogP contribution in [0, 0.1) is 11.8 Å². The van der Waals surface area contributed by atoms with Gasteiger partial charge in [0.2, 0.25) is 11.8 Å². The lowest BCUT2D eigenvalue weighted by molar-refractivity contribution is -0.143. The monoisotopic (exact) mass is 211 g/mol. The Hall–Kier alpha value is -1.19. The largest absolute Gasteiger partial charge is 0.297 e. The van der Waals surface area contributed by atoms with E-state index in [1.54, 1.807) is 6.92 Å². The smallest absolute Gasteiger partial charge is 0.232 e. The molecule has 0 aliphatic carbocycles. The molecule has 1 rings (SSSR count). The van der Waals surface area contributed by atoms with Gasteiger partial charge in [-0.25, -0.2) is 0 Å². The molecule has 0 bridgehead atoms. The number of amides is 2. The topological polar surface area (TPSA) is 54.5 Å². The maximum Gasteiger partial charge on any atom is 0.232 e. The number of hydrogen-bond donors (Lipinski definition) is 0. The van der Waals surface area contributed by atoms with Gasteiger partial charge in [0.15, 0.2) is 5.78 Å². The first-order valence-corrected chi connectivity index (χ1v) is 5.34. The third-order valence-corrected chi connectivity index (χ3v) is 2.95. The van der Waals surface area contributed by atoms with Gasteiger partial charge in [0.1, 0.15) is 0 Å². The van der Waals surface area contributed by atoms with Crippen molar-refractivity contribution in [2.75, 3.05) is 6.54 Å². The van der Waals surface area contributed by atoms with Crippen LogP contribution in [0.2, 0.25) is 0 Å². The Morgan fingerprint density at radius 2 is 2.13 bits per heavy atom. The molecule has 2 amide bonds. The van der Waals surface area contributed by atoms with Crippen LogP contribution in [0.15, 0.2) is 0 Å². The summed E-state index contributed by atoms with van der Waals surface area (Å²) >= 11 is 0. The Balaban J connectivity index is 2.62. The molecule has 1 aliphatic rings. The summed E-state index contributed by atoms with van der Waals surface area (Å²) in [6.45, 7) is 5.40. The Morgan fingerprint density at radius 1 is 1.53 bits per heavy atom. The lowest BCUT2D eigenvalue weighted by Gasteiger charge is -2.15. The number of nitrogens with zero attached hydrogens (tertiary/aromatic N) is 1. The summed E-state index contributed by atoms with van der Waals surface area (Å²) in [4.78, 5) is 35.6. The van der Waals surface area contributed by atoms with E-state index >= 15 is 0 Å². The van der Waals surface area contributed by atoms with Gasteiger partial charge in [0.25, 0.3) is 0 Å². The van der Waals surface area contributed by atoms with Crippen LogP contribution in [0.25, 0.3) is 0 Å². The van der Waals surface area contributed by atoms with Crippen molar-refractivity contribution < 1.29 is 14.4 Å². The van der Waals surface area contributed by atoms with Crippen LogP contribution in [0.4, 0.5) is 0 Å². The van der Waals surface area contributed by atoms with Gasteiger partial charge >= 0.3 is 0 Å². The summed E-state index contributed by atoms with van der Waals surface area (Å²) in [5, 5.41) is 0. The van der Waals surface area contributed by atoms with Gasteiger partial charge in [-0.05, 0) is 6.42 Å². The molecular formula is C11H17NO3. The minimum absolute atomic E-state index is 0.0340. The molecule has 0 aromatic heterocycles. The molecule has 0 N–H and O–H groups in total. The first-order chi connectivity index (χ1) is 6.97. The maximum atomic E-state index is 11.6. The van der Waals surface area contributed by atoms with Gasteiger partial charge in [-0.1, -0.05) is 20.8 Å². The number of ketones is 1. The van der Waals surface area contributed by atoms with Gasteiger partial charge in [-0.15, -0.1) is 0 Å². The second-order valence-electron chi connectivity index (χ2n) is 4.20. The van der Waals surface area contributed by atoms with E-state index in [2.05, 4.69) is 0 Å². The molecule has 15 heavy (non-hydrogen) atoms. The molecule has 0 aromatic rings. The second-order valence-corrected chi connectivity index (χ2v) is 4.20. The van der Waals surface area contributed by atoms with Crippen LogP contribution in [0.5, 0.6) is 0 Å². The maximum absolute atomic E-state index is 11.6. The number of imide groups is 1. The molecule has 0 aromatic carbocycles. The first-order valence-electron chi connectivity index (χ1n) is 5.34. The van der Waals surface area contributed by atoms with Crippen molar-refractivity contribution in [2.45, 2.75) is 33.6 Å². The standard InChI is InChI=1S/C11H17NO3/c1-4-7(2)9(13)6-12-10(14)5-8(3)11(12)15/h7-8H,4-6H2,1-3H3. The molecule has 1 fully saturated rings. The van der Waals surface area contributed by atoms with Crippen LogP contribution in [-0.4, -0.2) is 29.0 Å². The molecule has 0 saturated carbocycles.